The molecular weight excluding hydrogens is 342 g/mol. The summed E-state index contributed by atoms with van der Waals surface area (Å²) in [5.41, 5.74) is 1.98. The zero-order chi connectivity index (χ0) is 12.4. The Morgan fingerprint density at radius 3 is 2.29 bits per heavy atom. The molecule has 0 aliphatic rings. The van der Waals surface area contributed by atoms with Gasteiger partial charge in [-0.05, 0) is 41.5 Å². The number of benzene rings is 2. The fraction of sp³-hybridized carbons (Fsp3) is 0.0769. The Morgan fingerprint density at radius 2 is 1.59 bits per heavy atom. The molecule has 0 nitrogen and oxygen atoms in total. The minimum Gasteiger partial charge on any atom is -0.0843 e. The summed E-state index contributed by atoms with van der Waals surface area (Å²) in [5, 5.41) is 2.04. The van der Waals surface area contributed by atoms with E-state index in [2.05, 4.69) is 15.9 Å². The topological polar surface area (TPSA) is 0 Å². The molecule has 2 aromatic carbocycles. The van der Waals surface area contributed by atoms with Crippen LogP contribution in [0.25, 0.3) is 0 Å². The second-order valence-corrected chi connectivity index (χ2v) is 5.78. The van der Waals surface area contributed by atoms with Crippen LogP contribution in [0.3, 0.4) is 0 Å². The first-order chi connectivity index (χ1) is 8.08. The highest BCUT2D eigenvalue weighted by Crippen LogP contribution is 2.37. The van der Waals surface area contributed by atoms with Gasteiger partial charge in [0.15, 0.2) is 0 Å². The van der Waals surface area contributed by atoms with Crippen molar-refractivity contribution in [2.45, 2.75) is 4.83 Å². The fourth-order valence-electron chi connectivity index (χ4n) is 1.55. The summed E-state index contributed by atoms with van der Waals surface area (Å²) in [4.78, 5) is -0.0209. The molecule has 2 aromatic rings. The van der Waals surface area contributed by atoms with Gasteiger partial charge in [0.2, 0.25) is 0 Å². The van der Waals surface area contributed by atoms with Crippen molar-refractivity contribution >= 4 is 50.7 Å². The summed E-state index contributed by atoms with van der Waals surface area (Å²) in [6.07, 6.45) is 0. The summed E-state index contributed by atoms with van der Waals surface area (Å²) in [5.74, 6) is 0. The smallest absolute Gasteiger partial charge is 0.0660 e. The Hall–Kier alpha value is -0.210. The first kappa shape index (κ1) is 13.2. The molecule has 0 aliphatic heterocycles. The summed E-state index contributed by atoms with van der Waals surface area (Å²) >= 11 is 21.7. The molecular formula is C13H8BrCl3. The van der Waals surface area contributed by atoms with E-state index >= 15 is 0 Å². The van der Waals surface area contributed by atoms with Crippen molar-refractivity contribution in [1.29, 1.82) is 0 Å². The maximum atomic E-state index is 6.16. The van der Waals surface area contributed by atoms with Crippen LogP contribution in [0.1, 0.15) is 16.0 Å². The van der Waals surface area contributed by atoms with Crippen molar-refractivity contribution in [2.24, 2.45) is 0 Å². The van der Waals surface area contributed by atoms with Gasteiger partial charge in [0.1, 0.15) is 0 Å². The lowest BCUT2D eigenvalue weighted by atomic mass is 10.0. The summed E-state index contributed by atoms with van der Waals surface area (Å²) in [6.45, 7) is 0. The van der Waals surface area contributed by atoms with Crippen LogP contribution in [0.2, 0.25) is 15.1 Å². The van der Waals surface area contributed by atoms with Crippen LogP contribution in [-0.2, 0) is 0 Å². The maximum Gasteiger partial charge on any atom is 0.0660 e. The molecule has 1 unspecified atom stereocenters. The molecule has 2 rings (SSSR count). The summed E-state index contributed by atoms with van der Waals surface area (Å²) in [7, 11) is 0. The van der Waals surface area contributed by atoms with Gasteiger partial charge in [-0.1, -0.05) is 62.9 Å². The molecule has 88 valence electrons. The van der Waals surface area contributed by atoms with Crippen molar-refractivity contribution < 1.29 is 0 Å². The second-order valence-electron chi connectivity index (χ2n) is 3.58. The average molecular weight is 350 g/mol. The maximum absolute atomic E-state index is 6.16. The predicted molar refractivity (Wildman–Crippen MR) is 78.7 cm³/mol. The highest BCUT2D eigenvalue weighted by atomic mass is 79.9. The highest BCUT2D eigenvalue weighted by Gasteiger charge is 2.14. The number of hydrogen-bond acceptors (Lipinski definition) is 0. The zero-order valence-corrected chi connectivity index (χ0v) is 12.5. The molecule has 0 N–H and O–H groups in total. The molecule has 0 saturated heterocycles. The van der Waals surface area contributed by atoms with Gasteiger partial charge in [-0.2, -0.15) is 0 Å². The molecule has 0 bridgehead atoms. The van der Waals surface area contributed by atoms with E-state index in [1.807, 2.05) is 30.3 Å². The lowest BCUT2D eigenvalue weighted by molar-refractivity contribution is 1.18. The quantitative estimate of drug-likeness (QED) is 0.571. The summed E-state index contributed by atoms with van der Waals surface area (Å²) in [6, 6.07) is 13.0. The Morgan fingerprint density at radius 1 is 0.882 bits per heavy atom. The zero-order valence-electron chi connectivity index (χ0n) is 8.63. The molecule has 0 saturated carbocycles. The van der Waals surface area contributed by atoms with Crippen molar-refractivity contribution in [3.63, 3.8) is 0 Å². The SMILES string of the molecule is Clc1cccc(C(Br)c2cc(Cl)ccc2Cl)c1. The first-order valence-corrected chi connectivity index (χ1v) is 6.97. The average Bonchev–Trinajstić information content (AvgIpc) is 2.31. The van der Waals surface area contributed by atoms with Crippen molar-refractivity contribution in [3.05, 3.63) is 68.7 Å². The van der Waals surface area contributed by atoms with Crippen molar-refractivity contribution in [3.8, 4) is 0 Å². The van der Waals surface area contributed by atoms with Gasteiger partial charge in [-0.3, -0.25) is 0 Å². The van der Waals surface area contributed by atoms with Crippen molar-refractivity contribution in [1.82, 2.24) is 0 Å². The molecule has 0 heterocycles. The molecule has 0 spiro atoms. The van der Waals surface area contributed by atoms with Crippen LogP contribution in [0, 0.1) is 0 Å². The monoisotopic (exact) mass is 348 g/mol. The third-order valence-corrected chi connectivity index (χ3v) is 4.21. The van der Waals surface area contributed by atoms with Gasteiger partial charge in [0, 0.05) is 15.1 Å². The Balaban J connectivity index is 2.43. The van der Waals surface area contributed by atoms with Crippen molar-refractivity contribution in [2.75, 3.05) is 0 Å². The van der Waals surface area contributed by atoms with Crippen LogP contribution in [0.15, 0.2) is 42.5 Å². The second kappa shape index (κ2) is 5.62. The van der Waals surface area contributed by atoms with E-state index in [0.29, 0.717) is 15.1 Å². The van der Waals surface area contributed by atoms with Gasteiger partial charge >= 0.3 is 0 Å². The number of alkyl halides is 1. The minimum atomic E-state index is -0.0209. The van der Waals surface area contributed by atoms with E-state index < -0.39 is 0 Å². The first-order valence-electron chi connectivity index (χ1n) is 4.92. The van der Waals surface area contributed by atoms with E-state index in [9.17, 15) is 0 Å². The lowest BCUT2D eigenvalue weighted by Gasteiger charge is -2.13. The van der Waals surface area contributed by atoms with Gasteiger partial charge in [-0.25, -0.2) is 0 Å². The molecule has 0 amide bonds. The third-order valence-electron chi connectivity index (χ3n) is 2.37. The van der Waals surface area contributed by atoms with Crippen LogP contribution < -0.4 is 0 Å². The summed E-state index contributed by atoms with van der Waals surface area (Å²) < 4.78 is 0. The standard InChI is InChI=1S/C13H8BrCl3/c14-13(8-2-1-3-9(15)6-8)11-7-10(16)4-5-12(11)17/h1-7,13H. The van der Waals surface area contributed by atoms with Crippen LogP contribution in [0.4, 0.5) is 0 Å². The van der Waals surface area contributed by atoms with E-state index in [-0.39, 0.29) is 4.83 Å². The van der Waals surface area contributed by atoms with Gasteiger partial charge in [-0.15, -0.1) is 0 Å². The van der Waals surface area contributed by atoms with E-state index in [1.165, 1.54) is 0 Å². The van der Waals surface area contributed by atoms with Crippen LogP contribution in [0.5, 0.6) is 0 Å². The Bertz CT molecular complexity index is 540. The fourth-order valence-corrected chi connectivity index (χ4v) is 2.95. The number of rotatable bonds is 2. The molecule has 17 heavy (non-hydrogen) atoms. The van der Waals surface area contributed by atoms with Gasteiger partial charge < -0.3 is 0 Å². The highest BCUT2D eigenvalue weighted by molar-refractivity contribution is 9.09. The van der Waals surface area contributed by atoms with E-state index in [4.69, 9.17) is 34.8 Å². The number of hydrogen-bond donors (Lipinski definition) is 0. The largest absolute Gasteiger partial charge is 0.0843 e. The molecule has 0 aromatic heterocycles. The third kappa shape index (κ3) is 3.17. The predicted octanol–water partition coefficient (Wildman–Crippen LogP) is 6.13. The van der Waals surface area contributed by atoms with Gasteiger partial charge in [0.05, 0.1) is 4.83 Å². The van der Waals surface area contributed by atoms with Crippen LogP contribution in [-0.4, -0.2) is 0 Å². The Labute approximate surface area is 124 Å². The lowest BCUT2D eigenvalue weighted by Crippen LogP contribution is -1.93. The van der Waals surface area contributed by atoms with Gasteiger partial charge in [0.25, 0.3) is 0 Å². The molecule has 0 aliphatic carbocycles. The Kier molecular flexibility index (Phi) is 4.37. The normalized spacial score (nSPS) is 12.5. The van der Waals surface area contributed by atoms with E-state index in [1.54, 1.807) is 12.1 Å². The molecule has 0 radical (unpaired) electrons. The molecule has 0 fully saturated rings. The molecule has 1 atom stereocenters. The van der Waals surface area contributed by atoms with Crippen LogP contribution >= 0.6 is 50.7 Å². The number of halogens is 4. The minimum absolute atomic E-state index is 0.0209. The molecule has 4 heteroatoms. The van der Waals surface area contributed by atoms with E-state index in [0.717, 1.165) is 11.1 Å².